The average Bonchev–Trinajstić information content (AvgIpc) is 2.44. The Kier molecular flexibility index (Phi) is 3.33. The Morgan fingerprint density at radius 2 is 1.67 bits per heavy atom. The molecule has 0 spiro atoms. The summed E-state index contributed by atoms with van der Waals surface area (Å²) in [6.45, 7) is 3.06. The van der Waals surface area contributed by atoms with Crippen molar-refractivity contribution in [3.8, 4) is 0 Å². The van der Waals surface area contributed by atoms with Crippen LogP contribution in [0.15, 0.2) is 24.3 Å². The monoisotopic (exact) mass is 287 g/mol. The van der Waals surface area contributed by atoms with Crippen molar-refractivity contribution in [1.29, 1.82) is 0 Å². The van der Waals surface area contributed by atoms with Crippen LogP contribution in [0.25, 0.3) is 0 Å². The van der Waals surface area contributed by atoms with Crippen molar-refractivity contribution >= 4 is 0 Å². The minimum Gasteiger partial charge on any atom is -0.310 e. The Morgan fingerprint density at radius 1 is 1.10 bits per heavy atom. The molecule has 21 heavy (non-hydrogen) atoms. The van der Waals surface area contributed by atoms with Gasteiger partial charge in [0.2, 0.25) is 0 Å². The highest BCUT2D eigenvalue weighted by molar-refractivity contribution is 5.25. The zero-order valence-corrected chi connectivity index (χ0v) is 12.9. The smallest absolute Gasteiger partial charge is 0.127 e. The summed E-state index contributed by atoms with van der Waals surface area (Å²) in [5, 5.41) is 3.66. The zero-order chi connectivity index (χ0) is 14.4. The lowest BCUT2D eigenvalue weighted by molar-refractivity contribution is -0.0751. The second-order valence-electron chi connectivity index (χ2n) is 7.79. The topological polar surface area (TPSA) is 12.0 Å². The van der Waals surface area contributed by atoms with Gasteiger partial charge in [-0.2, -0.15) is 0 Å². The van der Waals surface area contributed by atoms with Gasteiger partial charge >= 0.3 is 0 Å². The molecule has 4 bridgehead atoms. The summed E-state index contributed by atoms with van der Waals surface area (Å²) in [5.41, 5.74) is 1.22. The third-order valence-corrected chi connectivity index (χ3v) is 6.32. The number of halogens is 1. The number of hydrogen-bond donors (Lipinski definition) is 1. The molecule has 2 heteroatoms. The van der Waals surface area contributed by atoms with E-state index in [0.29, 0.717) is 5.41 Å². The van der Waals surface area contributed by atoms with Crippen LogP contribution >= 0.6 is 0 Å². The SMILES string of the molecule is CCNC(c1ccccc1F)C12CC3CC(CC(C3)C1)C2. The van der Waals surface area contributed by atoms with E-state index in [1.165, 1.54) is 38.5 Å². The molecule has 0 radical (unpaired) electrons. The van der Waals surface area contributed by atoms with Crippen LogP contribution in [0.3, 0.4) is 0 Å². The summed E-state index contributed by atoms with van der Waals surface area (Å²) in [5.74, 6) is 2.69. The summed E-state index contributed by atoms with van der Waals surface area (Å²) >= 11 is 0. The van der Waals surface area contributed by atoms with Crippen LogP contribution in [0.5, 0.6) is 0 Å². The Balaban J connectivity index is 1.72. The molecule has 5 rings (SSSR count). The van der Waals surface area contributed by atoms with Crippen LogP contribution in [-0.4, -0.2) is 6.54 Å². The third-order valence-electron chi connectivity index (χ3n) is 6.32. The van der Waals surface area contributed by atoms with E-state index in [0.717, 1.165) is 29.9 Å². The van der Waals surface area contributed by atoms with E-state index in [2.05, 4.69) is 12.2 Å². The second-order valence-corrected chi connectivity index (χ2v) is 7.79. The fourth-order valence-electron chi connectivity index (χ4n) is 6.10. The van der Waals surface area contributed by atoms with E-state index < -0.39 is 0 Å². The molecular formula is C19H26FN. The molecule has 0 saturated heterocycles. The van der Waals surface area contributed by atoms with Crippen molar-refractivity contribution in [2.45, 2.75) is 51.5 Å². The van der Waals surface area contributed by atoms with Crippen molar-refractivity contribution in [3.63, 3.8) is 0 Å². The van der Waals surface area contributed by atoms with Crippen LogP contribution in [-0.2, 0) is 0 Å². The average molecular weight is 287 g/mol. The van der Waals surface area contributed by atoms with Gasteiger partial charge in [-0.3, -0.25) is 0 Å². The first-order valence-electron chi connectivity index (χ1n) is 8.68. The molecule has 0 amide bonds. The second kappa shape index (κ2) is 5.08. The van der Waals surface area contributed by atoms with Crippen LogP contribution < -0.4 is 5.32 Å². The van der Waals surface area contributed by atoms with Crippen LogP contribution in [0.4, 0.5) is 4.39 Å². The van der Waals surface area contributed by atoms with Gasteiger partial charge in [-0.15, -0.1) is 0 Å². The molecule has 114 valence electrons. The lowest BCUT2D eigenvalue weighted by Crippen LogP contribution is -2.52. The lowest BCUT2D eigenvalue weighted by Gasteiger charge is -2.59. The summed E-state index contributed by atoms with van der Waals surface area (Å²) in [6.07, 6.45) is 8.25. The molecule has 4 aliphatic rings. The first-order chi connectivity index (χ1) is 10.2. The van der Waals surface area contributed by atoms with E-state index in [4.69, 9.17) is 0 Å². The Bertz CT molecular complexity index is 489. The highest BCUT2D eigenvalue weighted by atomic mass is 19.1. The molecular weight excluding hydrogens is 261 g/mol. The van der Waals surface area contributed by atoms with Crippen molar-refractivity contribution in [3.05, 3.63) is 35.6 Å². The fraction of sp³-hybridized carbons (Fsp3) is 0.684. The molecule has 1 N–H and O–H groups in total. The van der Waals surface area contributed by atoms with Crippen LogP contribution in [0.2, 0.25) is 0 Å². The molecule has 0 aliphatic heterocycles. The maximum atomic E-state index is 14.4. The predicted molar refractivity (Wildman–Crippen MR) is 83.4 cm³/mol. The molecule has 1 unspecified atom stereocenters. The highest BCUT2D eigenvalue weighted by Gasteiger charge is 2.54. The molecule has 1 aromatic rings. The van der Waals surface area contributed by atoms with Gasteiger partial charge in [0.25, 0.3) is 0 Å². The minimum atomic E-state index is -0.0285. The van der Waals surface area contributed by atoms with E-state index in [1.807, 2.05) is 18.2 Å². The molecule has 1 atom stereocenters. The molecule has 4 aliphatic carbocycles. The first kappa shape index (κ1) is 13.8. The summed E-state index contributed by atoms with van der Waals surface area (Å²) in [4.78, 5) is 0. The van der Waals surface area contributed by atoms with E-state index in [9.17, 15) is 4.39 Å². The van der Waals surface area contributed by atoms with E-state index >= 15 is 0 Å². The summed E-state index contributed by atoms with van der Waals surface area (Å²) < 4.78 is 14.4. The van der Waals surface area contributed by atoms with E-state index in [1.54, 1.807) is 6.07 Å². The van der Waals surface area contributed by atoms with Gasteiger partial charge in [0.05, 0.1) is 0 Å². The zero-order valence-electron chi connectivity index (χ0n) is 12.9. The fourth-order valence-corrected chi connectivity index (χ4v) is 6.10. The molecule has 1 nitrogen and oxygen atoms in total. The third kappa shape index (κ3) is 2.23. The van der Waals surface area contributed by atoms with Crippen LogP contribution in [0.1, 0.15) is 57.1 Å². The maximum Gasteiger partial charge on any atom is 0.127 e. The molecule has 1 aromatic carbocycles. The van der Waals surface area contributed by atoms with Gasteiger partial charge < -0.3 is 5.32 Å². The minimum absolute atomic E-state index is 0.0285. The van der Waals surface area contributed by atoms with Crippen molar-refractivity contribution < 1.29 is 4.39 Å². The number of hydrogen-bond acceptors (Lipinski definition) is 1. The summed E-state index contributed by atoms with van der Waals surface area (Å²) in [6, 6.07) is 7.63. The Hall–Kier alpha value is -0.890. The standard InChI is InChI=1S/C19H26FN/c1-2-21-18(16-5-3-4-6-17(16)20)19-10-13-7-14(11-19)9-15(8-13)12-19/h3-6,13-15,18,21H,2,7-12H2,1H3. The maximum absolute atomic E-state index is 14.4. The van der Waals surface area contributed by atoms with Crippen molar-refractivity contribution in [2.75, 3.05) is 6.54 Å². The van der Waals surface area contributed by atoms with Crippen molar-refractivity contribution in [2.24, 2.45) is 23.2 Å². The Morgan fingerprint density at radius 3 is 2.19 bits per heavy atom. The molecule has 4 saturated carbocycles. The molecule has 0 heterocycles. The van der Waals surface area contributed by atoms with Crippen molar-refractivity contribution in [1.82, 2.24) is 5.32 Å². The first-order valence-corrected chi connectivity index (χ1v) is 8.68. The van der Waals surface area contributed by atoms with Gasteiger partial charge in [-0.25, -0.2) is 4.39 Å². The van der Waals surface area contributed by atoms with Gasteiger partial charge in [-0.1, -0.05) is 25.1 Å². The normalized spacial score (nSPS) is 38.7. The number of benzene rings is 1. The Labute approximate surface area is 127 Å². The van der Waals surface area contributed by atoms with E-state index in [-0.39, 0.29) is 11.9 Å². The molecule has 4 fully saturated rings. The highest BCUT2D eigenvalue weighted by Crippen LogP contribution is 2.64. The molecule has 0 aromatic heterocycles. The largest absolute Gasteiger partial charge is 0.310 e. The van der Waals surface area contributed by atoms with Gasteiger partial charge in [0, 0.05) is 11.6 Å². The van der Waals surface area contributed by atoms with Gasteiger partial charge in [-0.05, 0) is 74.3 Å². The quantitative estimate of drug-likeness (QED) is 0.847. The lowest BCUT2D eigenvalue weighted by atomic mass is 9.47. The van der Waals surface area contributed by atoms with Crippen LogP contribution in [0, 0.1) is 29.0 Å². The number of rotatable bonds is 4. The van der Waals surface area contributed by atoms with Gasteiger partial charge in [0.1, 0.15) is 5.82 Å². The summed E-state index contributed by atoms with van der Waals surface area (Å²) in [7, 11) is 0. The van der Waals surface area contributed by atoms with Gasteiger partial charge in [0.15, 0.2) is 0 Å². The number of nitrogens with one attached hydrogen (secondary N) is 1. The predicted octanol–water partition coefficient (Wildman–Crippen LogP) is 4.69.